The minimum atomic E-state index is -0.313. The van der Waals surface area contributed by atoms with Crippen molar-refractivity contribution in [2.24, 2.45) is 0 Å². The number of benzene rings is 1. The van der Waals surface area contributed by atoms with Gasteiger partial charge in [-0.25, -0.2) is 9.18 Å². The number of aromatic nitrogens is 1. The quantitative estimate of drug-likeness (QED) is 0.914. The number of anilines is 1. The molecule has 23 heavy (non-hydrogen) atoms. The summed E-state index contributed by atoms with van der Waals surface area (Å²) < 4.78 is 18.6. The van der Waals surface area contributed by atoms with Gasteiger partial charge in [-0.15, -0.1) is 0 Å². The van der Waals surface area contributed by atoms with Crippen molar-refractivity contribution in [3.63, 3.8) is 0 Å². The summed E-state index contributed by atoms with van der Waals surface area (Å²) in [6.45, 7) is 1.27. The van der Waals surface area contributed by atoms with Crippen LogP contribution in [-0.2, 0) is 4.74 Å². The number of carbonyl (C=O) groups is 1. The monoisotopic (exact) mass is 335 g/mol. The van der Waals surface area contributed by atoms with Gasteiger partial charge in [0.1, 0.15) is 5.82 Å². The molecule has 2 amide bonds. The average Bonchev–Trinajstić information content (AvgIpc) is 2.55. The maximum atomic E-state index is 13.1. The maximum absolute atomic E-state index is 13.1. The van der Waals surface area contributed by atoms with E-state index < -0.39 is 0 Å². The number of urea groups is 1. The zero-order valence-corrected chi connectivity index (χ0v) is 13.0. The number of halogens is 2. The van der Waals surface area contributed by atoms with Gasteiger partial charge in [0.15, 0.2) is 0 Å². The number of rotatable bonds is 2. The third kappa shape index (κ3) is 3.78. The third-order valence-electron chi connectivity index (χ3n) is 3.60. The van der Waals surface area contributed by atoms with Gasteiger partial charge in [-0.1, -0.05) is 23.7 Å². The Morgan fingerprint density at radius 2 is 2.13 bits per heavy atom. The summed E-state index contributed by atoms with van der Waals surface area (Å²) in [5.41, 5.74) is 1.34. The predicted octanol–water partition coefficient (Wildman–Crippen LogP) is 3.48. The molecule has 0 saturated carbocycles. The van der Waals surface area contributed by atoms with Crippen LogP contribution in [0, 0.1) is 5.82 Å². The molecule has 1 aromatic carbocycles. The fraction of sp³-hybridized carbons (Fsp3) is 0.250. The van der Waals surface area contributed by atoms with Gasteiger partial charge in [0.2, 0.25) is 0 Å². The van der Waals surface area contributed by atoms with Crippen molar-refractivity contribution in [3.8, 4) is 0 Å². The molecule has 1 aliphatic rings. The summed E-state index contributed by atoms with van der Waals surface area (Å²) >= 11 is 5.87. The highest BCUT2D eigenvalue weighted by Gasteiger charge is 2.28. The Balaban J connectivity index is 1.77. The number of hydrogen-bond donors (Lipinski definition) is 1. The molecule has 120 valence electrons. The minimum Gasteiger partial charge on any atom is -0.377 e. The van der Waals surface area contributed by atoms with E-state index in [2.05, 4.69) is 10.3 Å². The number of ether oxygens (including phenoxy) is 1. The molecule has 3 rings (SSSR count). The van der Waals surface area contributed by atoms with Crippen LogP contribution < -0.4 is 5.32 Å². The molecule has 0 radical (unpaired) electrons. The van der Waals surface area contributed by atoms with Gasteiger partial charge < -0.3 is 15.0 Å². The standard InChI is InChI=1S/C16H15ClFN3O2/c17-12-7-14(9-19-8-12)20-16(22)21-5-6-23-10-15(21)11-1-3-13(18)4-2-11/h1-4,7-9,15H,5-6,10H2,(H,20,22). The highest BCUT2D eigenvalue weighted by Crippen LogP contribution is 2.25. The van der Waals surface area contributed by atoms with E-state index in [1.54, 1.807) is 23.1 Å². The number of hydrogen-bond acceptors (Lipinski definition) is 3. The number of pyridine rings is 1. The summed E-state index contributed by atoms with van der Waals surface area (Å²) in [5.74, 6) is -0.313. The van der Waals surface area contributed by atoms with E-state index in [0.717, 1.165) is 5.56 Å². The van der Waals surface area contributed by atoms with E-state index in [0.29, 0.717) is 30.5 Å². The molecule has 1 N–H and O–H groups in total. The van der Waals surface area contributed by atoms with Crippen LogP contribution in [0.25, 0.3) is 0 Å². The summed E-state index contributed by atoms with van der Waals surface area (Å²) in [6, 6.07) is 7.16. The first-order valence-electron chi connectivity index (χ1n) is 7.15. The van der Waals surface area contributed by atoms with Crippen LogP contribution in [0.15, 0.2) is 42.7 Å². The summed E-state index contributed by atoms with van der Waals surface area (Å²) in [7, 11) is 0. The maximum Gasteiger partial charge on any atom is 0.322 e. The summed E-state index contributed by atoms with van der Waals surface area (Å²) in [6.07, 6.45) is 3.02. The lowest BCUT2D eigenvalue weighted by Gasteiger charge is -2.35. The third-order valence-corrected chi connectivity index (χ3v) is 3.81. The zero-order chi connectivity index (χ0) is 16.2. The second-order valence-electron chi connectivity index (χ2n) is 5.16. The van der Waals surface area contributed by atoms with Crippen LogP contribution in [-0.4, -0.2) is 35.7 Å². The molecular weight excluding hydrogens is 321 g/mol. The highest BCUT2D eigenvalue weighted by molar-refractivity contribution is 6.30. The smallest absolute Gasteiger partial charge is 0.322 e. The van der Waals surface area contributed by atoms with Gasteiger partial charge in [0.25, 0.3) is 0 Å². The van der Waals surface area contributed by atoms with Gasteiger partial charge in [0, 0.05) is 12.7 Å². The molecule has 1 fully saturated rings. The molecule has 5 nitrogen and oxygen atoms in total. The Labute approximate surface area is 138 Å². The van der Waals surface area contributed by atoms with E-state index in [1.807, 2.05) is 0 Å². The Morgan fingerprint density at radius 3 is 2.87 bits per heavy atom. The highest BCUT2D eigenvalue weighted by atomic mass is 35.5. The Hall–Kier alpha value is -2.18. The molecule has 7 heteroatoms. The van der Waals surface area contributed by atoms with E-state index in [-0.39, 0.29) is 17.9 Å². The topological polar surface area (TPSA) is 54.5 Å². The van der Waals surface area contributed by atoms with Crippen LogP contribution in [0.3, 0.4) is 0 Å². The lowest BCUT2D eigenvalue weighted by molar-refractivity contribution is 0.0147. The SMILES string of the molecule is O=C(Nc1cncc(Cl)c1)N1CCOCC1c1ccc(F)cc1. The molecule has 1 unspecified atom stereocenters. The summed E-state index contributed by atoms with van der Waals surface area (Å²) in [4.78, 5) is 18.1. The average molecular weight is 336 g/mol. The van der Waals surface area contributed by atoms with E-state index >= 15 is 0 Å². The van der Waals surface area contributed by atoms with Crippen LogP contribution in [0.2, 0.25) is 5.02 Å². The van der Waals surface area contributed by atoms with Crippen molar-refractivity contribution in [1.29, 1.82) is 0 Å². The second kappa shape index (κ2) is 6.93. The second-order valence-corrected chi connectivity index (χ2v) is 5.59. The number of morpholine rings is 1. The van der Waals surface area contributed by atoms with E-state index in [1.165, 1.54) is 24.5 Å². The van der Waals surface area contributed by atoms with Crippen molar-refractivity contribution in [2.75, 3.05) is 25.1 Å². The van der Waals surface area contributed by atoms with Crippen LogP contribution in [0.4, 0.5) is 14.9 Å². The van der Waals surface area contributed by atoms with Crippen LogP contribution in [0.1, 0.15) is 11.6 Å². The number of nitrogens with one attached hydrogen (secondary N) is 1. The molecule has 1 aliphatic heterocycles. The molecule has 1 atom stereocenters. The summed E-state index contributed by atoms with van der Waals surface area (Å²) in [5, 5.41) is 3.22. The predicted molar refractivity (Wildman–Crippen MR) is 84.9 cm³/mol. The first-order valence-corrected chi connectivity index (χ1v) is 7.52. The number of nitrogens with zero attached hydrogens (tertiary/aromatic N) is 2. The van der Waals surface area contributed by atoms with Gasteiger partial charge in [-0.05, 0) is 23.8 Å². The molecule has 1 aromatic heterocycles. The molecule has 2 aromatic rings. The van der Waals surface area contributed by atoms with Gasteiger partial charge >= 0.3 is 6.03 Å². The van der Waals surface area contributed by atoms with Crippen molar-refractivity contribution >= 4 is 23.3 Å². The Morgan fingerprint density at radius 1 is 1.35 bits per heavy atom. The van der Waals surface area contributed by atoms with Gasteiger partial charge in [-0.2, -0.15) is 0 Å². The molecule has 0 bridgehead atoms. The van der Waals surface area contributed by atoms with Crippen molar-refractivity contribution in [2.45, 2.75) is 6.04 Å². The van der Waals surface area contributed by atoms with Crippen molar-refractivity contribution in [1.82, 2.24) is 9.88 Å². The Bertz CT molecular complexity index is 696. The zero-order valence-electron chi connectivity index (χ0n) is 12.2. The fourth-order valence-electron chi connectivity index (χ4n) is 2.48. The van der Waals surface area contributed by atoms with Crippen molar-refractivity contribution < 1.29 is 13.9 Å². The van der Waals surface area contributed by atoms with Crippen LogP contribution >= 0.6 is 11.6 Å². The molecular formula is C16H15ClFN3O2. The molecule has 1 saturated heterocycles. The van der Waals surface area contributed by atoms with Gasteiger partial charge in [-0.3, -0.25) is 4.98 Å². The first-order chi connectivity index (χ1) is 11.1. The number of amides is 2. The molecule has 0 aliphatic carbocycles. The van der Waals surface area contributed by atoms with Crippen LogP contribution in [0.5, 0.6) is 0 Å². The van der Waals surface area contributed by atoms with E-state index in [9.17, 15) is 9.18 Å². The minimum absolute atomic E-state index is 0.267. The lowest BCUT2D eigenvalue weighted by atomic mass is 10.1. The van der Waals surface area contributed by atoms with Crippen molar-refractivity contribution in [3.05, 3.63) is 59.1 Å². The Kier molecular flexibility index (Phi) is 4.73. The molecule has 2 heterocycles. The largest absolute Gasteiger partial charge is 0.377 e. The van der Waals surface area contributed by atoms with Gasteiger partial charge in [0.05, 0.1) is 36.2 Å². The first kappa shape index (κ1) is 15.7. The lowest BCUT2D eigenvalue weighted by Crippen LogP contribution is -2.45. The number of carbonyl (C=O) groups excluding carboxylic acids is 1. The van der Waals surface area contributed by atoms with E-state index in [4.69, 9.17) is 16.3 Å². The normalized spacial score (nSPS) is 17.8. The fourth-order valence-corrected chi connectivity index (χ4v) is 2.66. The molecule has 0 spiro atoms.